The molecular weight excluding hydrogens is 240 g/mol. The predicted molar refractivity (Wildman–Crippen MR) is 77.5 cm³/mol. The summed E-state index contributed by atoms with van der Waals surface area (Å²) in [4.78, 5) is 10.8. The van der Waals surface area contributed by atoms with Crippen LogP contribution >= 0.6 is 0 Å². The third-order valence-electron chi connectivity index (χ3n) is 3.74. The van der Waals surface area contributed by atoms with E-state index in [1.54, 1.807) is 6.33 Å². The summed E-state index contributed by atoms with van der Waals surface area (Å²) < 4.78 is 5.46. The second kappa shape index (κ2) is 6.59. The van der Waals surface area contributed by atoms with Gasteiger partial charge < -0.3 is 15.4 Å². The van der Waals surface area contributed by atoms with E-state index in [9.17, 15) is 0 Å². The topological polar surface area (TPSA) is 64.3 Å². The zero-order chi connectivity index (χ0) is 13.7. The van der Waals surface area contributed by atoms with Gasteiger partial charge in [-0.05, 0) is 26.7 Å². The molecule has 1 heterocycles. The molecule has 0 radical (unpaired) electrons. The van der Waals surface area contributed by atoms with E-state index < -0.39 is 0 Å². The molecule has 5 nitrogen and oxygen atoms in total. The summed E-state index contributed by atoms with van der Waals surface area (Å²) >= 11 is 0. The number of ether oxygens (including phenoxy) is 1. The van der Waals surface area contributed by atoms with Crippen LogP contribution in [0.2, 0.25) is 0 Å². The van der Waals surface area contributed by atoms with E-state index in [1.165, 1.54) is 32.1 Å². The lowest BCUT2D eigenvalue weighted by Gasteiger charge is -2.35. The van der Waals surface area contributed by atoms with Gasteiger partial charge in [-0.2, -0.15) is 4.98 Å². The van der Waals surface area contributed by atoms with Gasteiger partial charge in [0, 0.05) is 12.6 Å². The van der Waals surface area contributed by atoms with E-state index in [4.69, 9.17) is 10.5 Å². The molecule has 2 N–H and O–H groups in total. The molecule has 2 rings (SSSR count). The minimum absolute atomic E-state index is 0.502. The van der Waals surface area contributed by atoms with Crippen molar-refractivity contribution in [3.05, 3.63) is 6.33 Å². The minimum Gasteiger partial charge on any atom is -0.476 e. The van der Waals surface area contributed by atoms with Crippen LogP contribution in [0.5, 0.6) is 5.88 Å². The Labute approximate surface area is 115 Å². The maximum atomic E-state index is 6.16. The molecule has 0 unspecified atom stereocenters. The molecule has 0 amide bonds. The van der Waals surface area contributed by atoms with Crippen molar-refractivity contribution in [3.63, 3.8) is 0 Å². The fourth-order valence-corrected chi connectivity index (χ4v) is 2.82. The van der Waals surface area contributed by atoms with Crippen molar-refractivity contribution >= 4 is 11.5 Å². The van der Waals surface area contributed by atoms with E-state index in [-0.39, 0.29) is 0 Å². The highest BCUT2D eigenvalue weighted by molar-refractivity contribution is 5.68. The van der Waals surface area contributed by atoms with E-state index in [0.717, 1.165) is 12.4 Å². The monoisotopic (exact) mass is 264 g/mol. The number of rotatable bonds is 5. The zero-order valence-electron chi connectivity index (χ0n) is 11.9. The number of hydrogen-bond acceptors (Lipinski definition) is 5. The van der Waals surface area contributed by atoms with Gasteiger partial charge in [-0.25, -0.2) is 4.98 Å². The van der Waals surface area contributed by atoms with E-state index in [0.29, 0.717) is 24.2 Å². The number of aromatic nitrogens is 2. The predicted octanol–water partition coefficient (Wildman–Crippen LogP) is 2.62. The maximum Gasteiger partial charge on any atom is 0.242 e. The van der Waals surface area contributed by atoms with Crippen molar-refractivity contribution in [2.75, 3.05) is 23.8 Å². The summed E-state index contributed by atoms with van der Waals surface area (Å²) in [5.74, 6) is 1.33. The highest BCUT2D eigenvalue weighted by Gasteiger charge is 2.24. The smallest absolute Gasteiger partial charge is 0.242 e. The summed E-state index contributed by atoms with van der Waals surface area (Å²) in [7, 11) is 0. The van der Waals surface area contributed by atoms with Gasteiger partial charge in [-0.3, -0.25) is 0 Å². The van der Waals surface area contributed by atoms with Crippen LogP contribution in [0.1, 0.15) is 46.0 Å². The molecule has 1 aromatic heterocycles. The molecule has 5 heteroatoms. The standard InChI is InChI=1S/C14H24N4O/c1-3-18(11-8-6-5-7-9-11)13-12(15)14(19-4-2)17-10-16-13/h10-11H,3-9,15H2,1-2H3. The zero-order valence-corrected chi connectivity index (χ0v) is 11.9. The molecule has 0 saturated heterocycles. The average Bonchev–Trinajstić information content (AvgIpc) is 2.45. The first-order valence-electron chi connectivity index (χ1n) is 7.27. The molecule has 0 bridgehead atoms. The number of nitrogens with two attached hydrogens (primary N) is 1. The van der Waals surface area contributed by atoms with Gasteiger partial charge in [-0.1, -0.05) is 19.3 Å². The second-order valence-electron chi connectivity index (χ2n) is 4.93. The van der Waals surface area contributed by atoms with Crippen molar-refractivity contribution in [2.24, 2.45) is 0 Å². The SMILES string of the molecule is CCOc1ncnc(N(CC)C2CCCCC2)c1N. The molecule has 0 spiro atoms. The molecule has 0 atom stereocenters. The summed E-state index contributed by atoms with van der Waals surface area (Å²) in [5, 5.41) is 0. The normalized spacial score (nSPS) is 16.3. The Morgan fingerprint density at radius 3 is 2.63 bits per heavy atom. The molecule has 1 fully saturated rings. The number of nitrogens with zero attached hydrogens (tertiary/aromatic N) is 3. The molecule has 0 aliphatic heterocycles. The molecule has 106 valence electrons. The fourth-order valence-electron chi connectivity index (χ4n) is 2.82. The van der Waals surface area contributed by atoms with Crippen LogP contribution in [0, 0.1) is 0 Å². The third-order valence-corrected chi connectivity index (χ3v) is 3.74. The number of hydrogen-bond donors (Lipinski definition) is 1. The molecule has 1 saturated carbocycles. The summed E-state index contributed by atoms with van der Waals surface area (Å²) in [6, 6.07) is 0.547. The third kappa shape index (κ3) is 3.08. The second-order valence-corrected chi connectivity index (χ2v) is 4.93. The Hall–Kier alpha value is -1.52. The Bertz CT molecular complexity index is 404. The molecular formula is C14H24N4O. The van der Waals surface area contributed by atoms with Crippen LogP contribution < -0.4 is 15.4 Å². The lowest BCUT2D eigenvalue weighted by molar-refractivity contribution is 0.328. The van der Waals surface area contributed by atoms with Crippen LogP contribution in [-0.4, -0.2) is 29.2 Å². The quantitative estimate of drug-likeness (QED) is 0.885. The molecule has 1 aliphatic rings. The number of anilines is 2. The lowest BCUT2D eigenvalue weighted by atomic mass is 9.94. The Morgan fingerprint density at radius 1 is 1.26 bits per heavy atom. The van der Waals surface area contributed by atoms with Crippen molar-refractivity contribution < 1.29 is 4.74 Å². The van der Waals surface area contributed by atoms with Crippen LogP contribution in [0.3, 0.4) is 0 Å². The van der Waals surface area contributed by atoms with Gasteiger partial charge >= 0.3 is 0 Å². The summed E-state index contributed by atoms with van der Waals surface area (Å²) in [6.45, 7) is 5.56. The van der Waals surface area contributed by atoms with Gasteiger partial charge in [-0.15, -0.1) is 0 Å². The van der Waals surface area contributed by atoms with Gasteiger partial charge in [0.05, 0.1) is 6.61 Å². The van der Waals surface area contributed by atoms with Crippen LogP contribution in [-0.2, 0) is 0 Å². The Balaban J connectivity index is 2.24. The lowest BCUT2D eigenvalue weighted by Crippen LogP contribution is -2.37. The fraction of sp³-hybridized carbons (Fsp3) is 0.714. The van der Waals surface area contributed by atoms with Crippen molar-refractivity contribution in [3.8, 4) is 5.88 Å². The highest BCUT2D eigenvalue weighted by atomic mass is 16.5. The maximum absolute atomic E-state index is 6.16. The molecule has 19 heavy (non-hydrogen) atoms. The van der Waals surface area contributed by atoms with E-state index >= 15 is 0 Å². The van der Waals surface area contributed by atoms with Crippen molar-refractivity contribution in [1.82, 2.24) is 9.97 Å². The molecule has 1 aliphatic carbocycles. The summed E-state index contributed by atoms with van der Waals surface area (Å²) in [5.41, 5.74) is 6.73. The number of nitrogen functional groups attached to an aromatic ring is 1. The van der Waals surface area contributed by atoms with Gasteiger partial charge in [0.15, 0.2) is 5.82 Å². The van der Waals surface area contributed by atoms with Crippen LogP contribution in [0.4, 0.5) is 11.5 Å². The first kappa shape index (κ1) is 13.9. The van der Waals surface area contributed by atoms with Crippen molar-refractivity contribution in [2.45, 2.75) is 52.0 Å². The average molecular weight is 264 g/mol. The first-order valence-corrected chi connectivity index (χ1v) is 7.27. The summed E-state index contributed by atoms with van der Waals surface area (Å²) in [6.07, 6.45) is 7.93. The van der Waals surface area contributed by atoms with Crippen LogP contribution in [0.25, 0.3) is 0 Å². The van der Waals surface area contributed by atoms with Gasteiger partial charge in [0.25, 0.3) is 0 Å². The Morgan fingerprint density at radius 2 is 2.00 bits per heavy atom. The van der Waals surface area contributed by atoms with E-state index in [1.807, 2.05) is 6.92 Å². The van der Waals surface area contributed by atoms with Crippen LogP contribution in [0.15, 0.2) is 6.33 Å². The Kier molecular flexibility index (Phi) is 4.82. The van der Waals surface area contributed by atoms with E-state index in [2.05, 4.69) is 21.8 Å². The minimum atomic E-state index is 0.502. The van der Waals surface area contributed by atoms with Gasteiger partial charge in [0.1, 0.15) is 12.0 Å². The highest BCUT2D eigenvalue weighted by Crippen LogP contribution is 2.32. The molecule has 0 aromatic carbocycles. The van der Waals surface area contributed by atoms with Gasteiger partial charge in [0.2, 0.25) is 5.88 Å². The largest absolute Gasteiger partial charge is 0.476 e. The first-order chi connectivity index (χ1) is 9.27. The van der Waals surface area contributed by atoms with Crippen molar-refractivity contribution in [1.29, 1.82) is 0 Å². The molecule has 1 aromatic rings.